The first-order valence-electron chi connectivity index (χ1n) is 6.03. The Labute approximate surface area is 125 Å². The Balaban J connectivity index is 2.19. The van der Waals surface area contributed by atoms with Gasteiger partial charge in [-0.3, -0.25) is 0 Å². The van der Waals surface area contributed by atoms with E-state index in [4.69, 9.17) is 22.6 Å². The zero-order valence-electron chi connectivity index (χ0n) is 10.7. The van der Waals surface area contributed by atoms with Gasteiger partial charge in [-0.15, -0.1) is 11.3 Å². The van der Waals surface area contributed by atoms with Gasteiger partial charge < -0.3 is 10.3 Å². The van der Waals surface area contributed by atoms with Crippen molar-refractivity contribution in [1.82, 2.24) is 9.55 Å². The predicted octanol–water partition coefficient (Wildman–Crippen LogP) is 3.81. The highest BCUT2D eigenvalue weighted by atomic mass is 35.5. The molecule has 0 aliphatic carbocycles. The van der Waals surface area contributed by atoms with Crippen molar-refractivity contribution in [3.05, 3.63) is 45.1 Å². The summed E-state index contributed by atoms with van der Waals surface area (Å²) in [6.07, 6.45) is 0. The van der Waals surface area contributed by atoms with Crippen LogP contribution in [0.4, 0.5) is 5.95 Å². The van der Waals surface area contributed by atoms with Gasteiger partial charge >= 0.3 is 0 Å². The number of nitrogens with two attached hydrogens (primary N) is 1. The van der Waals surface area contributed by atoms with E-state index in [2.05, 4.69) is 11.1 Å². The Morgan fingerprint density at radius 3 is 2.85 bits per heavy atom. The number of benzene rings is 1. The van der Waals surface area contributed by atoms with Crippen LogP contribution in [0.2, 0.25) is 4.34 Å². The molecule has 1 atom stereocenters. The third kappa shape index (κ3) is 2.03. The average Bonchev–Trinajstić information content (AvgIpc) is 3.00. The molecule has 2 heterocycles. The van der Waals surface area contributed by atoms with E-state index in [9.17, 15) is 0 Å². The number of rotatable bonds is 2. The van der Waals surface area contributed by atoms with Crippen LogP contribution in [0.15, 0.2) is 30.3 Å². The molecule has 0 radical (unpaired) electrons. The van der Waals surface area contributed by atoms with Crippen LogP contribution in [0.1, 0.15) is 23.4 Å². The van der Waals surface area contributed by atoms with Gasteiger partial charge in [-0.2, -0.15) is 5.26 Å². The van der Waals surface area contributed by atoms with Crippen molar-refractivity contribution in [2.24, 2.45) is 0 Å². The lowest BCUT2D eigenvalue weighted by molar-refractivity contribution is 0.680. The van der Waals surface area contributed by atoms with Crippen molar-refractivity contribution in [2.75, 3.05) is 5.73 Å². The third-order valence-corrected chi connectivity index (χ3v) is 4.64. The van der Waals surface area contributed by atoms with Gasteiger partial charge in [-0.05, 0) is 37.3 Å². The van der Waals surface area contributed by atoms with E-state index in [1.807, 2.05) is 35.8 Å². The van der Waals surface area contributed by atoms with Crippen molar-refractivity contribution in [3.63, 3.8) is 0 Å². The third-order valence-electron chi connectivity index (χ3n) is 3.24. The number of fused-ring (bicyclic) bond motifs is 1. The van der Waals surface area contributed by atoms with Crippen molar-refractivity contribution >= 4 is 39.9 Å². The van der Waals surface area contributed by atoms with Crippen molar-refractivity contribution in [2.45, 2.75) is 13.0 Å². The van der Waals surface area contributed by atoms with Crippen LogP contribution in [0.5, 0.6) is 0 Å². The van der Waals surface area contributed by atoms with Gasteiger partial charge in [0, 0.05) is 4.88 Å². The lowest BCUT2D eigenvalue weighted by Crippen LogP contribution is -2.08. The molecule has 4 nitrogen and oxygen atoms in total. The van der Waals surface area contributed by atoms with E-state index in [-0.39, 0.29) is 6.04 Å². The number of anilines is 1. The van der Waals surface area contributed by atoms with Gasteiger partial charge in [-0.1, -0.05) is 11.6 Å². The minimum Gasteiger partial charge on any atom is -0.369 e. The fourth-order valence-corrected chi connectivity index (χ4v) is 3.37. The van der Waals surface area contributed by atoms with Crippen LogP contribution in [0.25, 0.3) is 11.0 Å². The summed E-state index contributed by atoms with van der Waals surface area (Å²) in [5.41, 5.74) is 8.27. The van der Waals surface area contributed by atoms with E-state index in [1.165, 1.54) is 11.3 Å². The van der Waals surface area contributed by atoms with Crippen molar-refractivity contribution in [1.29, 1.82) is 5.26 Å². The number of hydrogen-bond donors (Lipinski definition) is 1. The lowest BCUT2D eigenvalue weighted by Gasteiger charge is -2.14. The summed E-state index contributed by atoms with van der Waals surface area (Å²) >= 11 is 7.51. The predicted molar refractivity (Wildman–Crippen MR) is 82.0 cm³/mol. The Kier molecular flexibility index (Phi) is 3.13. The first-order valence-corrected chi connectivity index (χ1v) is 7.22. The van der Waals surface area contributed by atoms with Gasteiger partial charge in [0.1, 0.15) is 0 Å². The largest absolute Gasteiger partial charge is 0.369 e. The van der Waals surface area contributed by atoms with E-state index in [0.29, 0.717) is 11.5 Å². The Bertz CT molecular complexity index is 827. The first-order chi connectivity index (χ1) is 9.60. The monoisotopic (exact) mass is 302 g/mol. The zero-order valence-corrected chi connectivity index (χ0v) is 12.2. The van der Waals surface area contributed by atoms with E-state index in [0.717, 1.165) is 20.2 Å². The molecule has 1 unspecified atom stereocenters. The van der Waals surface area contributed by atoms with Gasteiger partial charge in [0.15, 0.2) is 0 Å². The summed E-state index contributed by atoms with van der Waals surface area (Å²) in [5, 5.41) is 9.03. The van der Waals surface area contributed by atoms with Gasteiger partial charge in [0.2, 0.25) is 5.95 Å². The summed E-state index contributed by atoms with van der Waals surface area (Å²) in [6, 6.07) is 11.4. The summed E-state index contributed by atoms with van der Waals surface area (Å²) in [6.45, 7) is 2.04. The Morgan fingerprint density at radius 2 is 2.20 bits per heavy atom. The Morgan fingerprint density at radius 1 is 1.40 bits per heavy atom. The van der Waals surface area contributed by atoms with Crippen LogP contribution < -0.4 is 5.73 Å². The zero-order chi connectivity index (χ0) is 14.3. The van der Waals surface area contributed by atoms with Crippen LogP contribution in [0, 0.1) is 11.3 Å². The molecule has 100 valence electrons. The highest BCUT2D eigenvalue weighted by Gasteiger charge is 2.17. The van der Waals surface area contributed by atoms with Crippen molar-refractivity contribution in [3.8, 4) is 6.07 Å². The second kappa shape index (κ2) is 4.82. The smallest absolute Gasteiger partial charge is 0.201 e. The summed E-state index contributed by atoms with van der Waals surface area (Å²) in [4.78, 5) is 5.45. The fraction of sp³-hybridized carbons (Fsp3) is 0.143. The molecule has 3 rings (SSSR count). The van der Waals surface area contributed by atoms with Gasteiger partial charge in [-0.25, -0.2) is 4.98 Å². The number of nitriles is 1. The second-order valence-electron chi connectivity index (χ2n) is 4.47. The maximum Gasteiger partial charge on any atom is 0.201 e. The topological polar surface area (TPSA) is 67.6 Å². The SMILES string of the molecule is CC(c1ccc(Cl)s1)n1c(N)nc2ccc(C#N)cc21. The average molecular weight is 303 g/mol. The van der Waals surface area contributed by atoms with Crippen molar-refractivity contribution < 1.29 is 0 Å². The number of hydrogen-bond acceptors (Lipinski definition) is 4. The molecule has 6 heteroatoms. The van der Waals surface area contributed by atoms with E-state index in [1.54, 1.807) is 6.07 Å². The molecule has 20 heavy (non-hydrogen) atoms. The van der Waals surface area contributed by atoms with Crippen LogP contribution >= 0.6 is 22.9 Å². The van der Waals surface area contributed by atoms with E-state index < -0.39 is 0 Å². The number of thiophene rings is 1. The molecule has 0 saturated carbocycles. The minimum atomic E-state index is 0.0199. The highest BCUT2D eigenvalue weighted by molar-refractivity contribution is 7.16. The normalized spacial score (nSPS) is 12.4. The van der Waals surface area contributed by atoms with Gasteiger partial charge in [0.05, 0.1) is 33.0 Å². The molecule has 2 aromatic heterocycles. The number of aromatic nitrogens is 2. The van der Waals surface area contributed by atoms with Gasteiger partial charge in [0.25, 0.3) is 0 Å². The summed E-state index contributed by atoms with van der Waals surface area (Å²) in [5.74, 6) is 0.437. The summed E-state index contributed by atoms with van der Waals surface area (Å²) < 4.78 is 2.67. The molecule has 0 aliphatic rings. The molecule has 3 aromatic rings. The molecular weight excluding hydrogens is 292 g/mol. The van der Waals surface area contributed by atoms with Crippen LogP contribution in [0.3, 0.4) is 0 Å². The molecule has 0 bridgehead atoms. The molecule has 0 amide bonds. The molecule has 0 aliphatic heterocycles. The minimum absolute atomic E-state index is 0.0199. The molecule has 0 spiro atoms. The number of halogens is 1. The first kappa shape index (κ1) is 13.0. The quantitative estimate of drug-likeness (QED) is 0.782. The second-order valence-corrected chi connectivity index (χ2v) is 6.22. The van der Waals surface area contributed by atoms with Crippen LogP contribution in [-0.2, 0) is 0 Å². The number of nitrogens with zero attached hydrogens (tertiary/aromatic N) is 3. The molecular formula is C14H11ClN4S. The maximum atomic E-state index is 9.03. The molecule has 0 fully saturated rings. The molecule has 2 N–H and O–H groups in total. The highest BCUT2D eigenvalue weighted by Crippen LogP contribution is 2.33. The fourth-order valence-electron chi connectivity index (χ4n) is 2.27. The van der Waals surface area contributed by atoms with E-state index >= 15 is 0 Å². The summed E-state index contributed by atoms with van der Waals surface area (Å²) in [7, 11) is 0. The molecule has 1 aromatic carbocycles. The lowest BCUT2D eigenvalue weighted by atomic mass is 10.2. The molecule has 0 saturated heterocycles. The standard InChI is InChI=1S/C14H11ClN4S/c1-8(12-4-5-13(15)20-12)19-11-6-9(7-16)2-3-10(11)18-14(19)17/h2-6,8H,1H3,(H2,17,18). The Hall–Kier alpha value is -2.03. The van der Waals surface area contributed by atoms with Crippen LogP contribution in [-0.4, -0.2) is 9.55 Å². The maximum absolute atomic E-state index is 9.03. The number of imidazole rings is 1. The number of nitrogen functional groups attached to an aromatic ring is 1.